The Labute approximate surface area is 189 Å². The number of nitrogens with zero attached hydrogens (tertiary/aromatic N) is 2. The zero-order valence-corrected chi connectivity index (χ0v) is 18.0. The smallest absolute Gasteiger partial charge is 0.475 e. The fraction of sp³-hybridized carbons (Fsp3) is 0.333. The highest BCUT2D eigenvalue weighted by Crippen LogP contribution is 2.35. The number of nitrogens with one attached hydrogen (secondary N) is 1. The number of benzene rings is 2. The standard InChI is InChI=1S/C22H24FN3.C2HF3O2/c1-16(17-4-3-7-22(14-17)26-11-10-24-15-26)25-21-9-8-19(13-21)18-5-2-6-20(23)12-18;3-2(4,5)1(6)7/h2-7,10-12,14-16,19,21,25H,8-9,13H2,1H3;(H,6,7). The van der Waals surface area contributed by atoms with Crippen molar-refractivity contribution >= 4 is 5.97 Å². The van der Waals surface area contributed by atoms with Crippen LogP contribution in [0.5, 0.6) is 0 Å². The van der Waals surface area contributed by atoms with Crippen LogP contribution < -0.4 is 5.32 Å². The normalized spacial score (nSPS) is 18.9. The Morgan fingerprint density at radius 3 is 2.55 bits per heavy atom. The molecule has 0 spiro atoms. The molecule has 3 atom stereocenters. The Morgan fingerprint density at radius 2 is 1.91 bits per heavy atom. The van der Waals surface area contributed by atoms with E-state index in [9.17, 15) is 17.6 Å². The van der Waals surface area contributed by atoms with E-state index in [4.69, 9.17) is 9.90 Å². The molecule has 2 aromatic carbocycles. The number of carboxylic acid groups (broad SMARTS) is 1. The number of hydrogen-bond acceptors (Lipinski definition) is 3. The number of halogens is 4. The summed E-state index contributed by atoms with van der Waals surface area (Å²) in [5, 5.41) is 10.9. The van der Waals surface area contributed by atoms with E-state index in [1.165, 1.54) is 11.6 Å². The molecule has 9 heteroatoms. The van der Waals surface area contributed by atoms with Gasteiger partial charge in [0.2, 0.25) is 0 Å². The minimum atomic E-state index is -5.08. The third-order valence-electron chi connectivity index (χ3n) is 5.65. The van der Waals surface area contributed by atoms with E-state index in [0.29, 0.717) is 12.0 Å². The van der Waals surface area contributed by atoms with Crippen LogP contribution in [0.1, 0.15) is 49.3 Å². The van der Waals surface area contributed by atoms with Gasteiger partial charge in [-0.05, 0) is 67.5 Å². The lowest BCUT2D eigenvalue weighted by Gasteiger charge is -2.21. The Bertz CT molecular complexity index is 1050. The van der Waals surface area contributed by atoms with Gasteiger partial charge in [-0.15, -0.1) is 0 Å². The van der Waals surface area contributed by atoms with Crippen LogP contribution in [0, 0.1) is 5.82 Å². The largest absolute Gasteiger partial charge is 0.490 e. The molecule has 1 aromatic heterocycles. The number of carbonyl (C=O) groups is 1. The van der Waals surface area contributed by atoms with Crippen LogP contribution >= 0.6 is 0 Å². The predicted octanol–water partition coefficient (Wildman–Crippen LogP) is 5.63. The summed E-state index contributed by atoms with van der Waals surface area (Å²) in [4.78, 5) is 13.0. The number of imidazole rings is 1. The lowest BCUT2D eigenvalue weighted by Crippen LogP contribution is -2.29. The molecule has 2 N–H and O–H groups in total. The SMILES string of the molecule is CC(NC1CCC(c2cccc(F)c2)C1)c1cccc(-n2ccnc2)c1.O=C(O)C(F)(F)F. The highest BCUT2D eigenvalue weighted by Gasteiger charge is 2.38. The van der Waals surface area contributed by atoms with Crippen LogP contribution in [0.3, 0.4) is 0 Å². The van der Waals surface area contributed by atoms with Crippen LogP contribution in [0.2, 0.25) is 0 Å². The van der Waals surface area contributed by atoms with Crippen molar-refractivity contribution in [3.8, 4) is 5.69 Å². The summed E-state index contributed by atoms with van der Waals surface area (Å²) in [6, 6.07) is 16.4. The van der Waals surface area contributed by atoms with E-state index in [-0.39, 0.29) is 11.9 Å². The number of alkyl halides is 3. The summed E-state index contributed by atoms with van der Waals surface area (Å²) in [6.07, 6.45) is 3.79. The summed E-state index contributed by atoms with van der Waals surface area (Å²) in [5.41, 5.74) is 3.52. The van der Waals surface area contributed by atoms with Crippen molar-refractivity contribution < 1.29 is 27.5 Å². The molecule has 0 radical (unpaired) electrons. The van der Waals surface area contributed by atoms with Crippen LogP contribution in [-0.4, -0.2) is 32.8 Å². The van der Waals surface area contributed by atoms with E-state index < -0.39 is 12.1 Å². The fourth-order valence-electron chi connectivity index (χ4n) is 4.01. The molecule has 0 bridgehead atoms. The van der Waals surface area contributed by atoms with Gasteiger partial charge >= 0.3 is 12.1 Å². The van der Waals surface area contributed by atoms with Gasteiger partial charge in [-0.1, -0.05) is 24.3 Å². The zero-order chi connectivity index (χ0) is 24.0. The number of rotatable bonds is 5. The summed E-state index contributed by atoms with van der Waals surface area (Å²) >= 11 is 0. The molecule has 4 rings (SSSR count). The van der Waals surface area contributed by atoms with Crippen molar-refractivity contribution in [3.05, 3.63) is 84.2 Å². The van der Waals surface area contributed by atoms with Gasteiger partial charge in [-0.25, -0.2) is 14.2 Å². The van der Waals surface area contributed by atoms with Crippen molar-refractivity contribution in [2.45, 2.75) is 50.4 Å². The fourth-order valence-corrected chi connectivity index (χ4v) is 4.01. The van der Waals surface area contributed by atoms with Crippen LogP contribution in [0.4, 0.5) is 17.6 Å². The third kappa shape index (κ3) is 6.89. The highest BCUT2D eigenvalue weighted by molar-refractivity contribution is 5.73. The maximum atomic E-state index is 13.5. The molecule has 5 nitrogen and oxygen atoms in total. The van der Waals surface area contributed by atoms with Crippen molar-refractivity contribution in [3.63, 3.8) is 0 Å². The van der Waals surface area contributed by atoms with Crippen molar-refractivity contribution in [1.29, 1.82) is 0 Å². The van der Waals surface area contributed by atoms with E-state index in [1.54, 1.807) is 12.3 Å². The quantitative estimate of drug-likeness (QED) is 0.481. The molecule has 0 saturated heterocycles. The molecule has 1 saturated carbocycles. The second-order valence-electron chi connectivity index (χ2n) is 8.02. The topological polar surface area (TPSA) is 67.2 Å². The lowest BCUT2D eigenvalue weighted by atomic mass is 9.97. The first-order valence-corrected chi connectivity index (χ1v) is 10.5. The summed E-state index contributed by atoms with van der Waals surface area (Å²) in [5.74, 6) is -2.44. The number of carboxylic acids is 1. The van der Waals surface area contributed by atoms with E-state index in [0.717, 1.165) is 30.5 Å². The lowest BCUT2D eigenvalue weighted by molar-refractivity contribution is -0.192. The van der Waals surface area contributed by atoms with Gasteiger partial charge in [0.25, 0.3) is 0 Å². The zero-order valence-electron chi connectivity index (χ0n) is 18.0. The second-order valence-corrected chi connectivity index (χ2v) is 8.02. The molecule has 3 aromatic rings. The van der Waals surface area contributed by atoms with Crippen LogP contribution in [0.25, 0.3) is 5.69 Å². The summed E-state index contributed by atoms with van der Waals surface area (Å²) in [6.45, 7) is 2.21. The minimum absolute atomic E-state index is 0.136. The van der Waals surface area contributed by atoms with Gasteiger partial charge < -0.3 is 15.0 Å². The van der Waals surface area contributed by atoms with Crippen LogP contribution in [0.15, 0.2) is 67.3 Å². The molecule has 1 aliphatic carbocycles. The molecule has 3 unspecified atom stereocenters. The van der Waals surface area contributed by atoms with E-state index in [1.807, 2.05) is 29.2 Å². The molecule has 1 heterocycles. The van der Waals surface area contributed by atoms with Crippen molar-refractivity contribution in [2.24, 2.45) is 0 Å². The first kappa shape index (κ1) is 24.4. The molecule has 33 heavy (non-hydrogen) atoms. The molecule has 0 aliphatic heterocycles. The average Bonchev–Trinajstić information content (AvgIpc) is 3.46. The second kappa shape index (κ2) is 10.6. The molecule has 176 valence electrons. The number of aliphatic carboxylic acids is 1. The van der Waals surface area contributed by atoms with Crippen molar-refractivity contribution in [1.82, 2.24) is 14.9 Å². The summed E-state index contributed by atoms with van der Waals surface area (Å²) < 4.78 is 47.2. The Kier molecular flexibility index (Phi) is 7.86. The van der Waals surface area contributed by atoms with Gasteiger partial charge in [0.15, 0.2) is 0 Å². The Balaban J connectivity index is 0.000000383. The molecule has 0 amide bonds. The van der Waals surface area contributed by atoms with Gasteiger partial charge in [-0.3, -0.25) is 0 Å². The average molecular weight is 463 g/mol. The maximum absolute atomic E-state index is 13.5. The third-order valence-corrected chi connectivity index (χ3v) is 5.65. The first-order valence-electron chi connectivity index (χ1n) is 10.5. The van der Waals surface area contributed by atoms with Gasteiger partial charge in [0.1, 0.15) is 5.82 Å². The Hall–Kier alpha value is -3.20. The first-order chi connectivity index (χ1) is 15.6. The van der Waals surface area contributed by atoms with Gasteiger partial charge in [-0.2, -0.15) is 13.2 Å². The molecule has 1 fully saturated rings. The summed E-state index contributed by atoms with van der Waals surface area (Å²) in [7, 11) is 0. The molecular weight excluding hydrogens is 438 g/mol. The molecular formula is C24H25F4N3O2. The monoisotopic (exact) mass is 463 g/mol. The van der Waals surface area contributed by atoms with E-state index >= 15 is 0 Å². The van der Waals surface area contributed by atoms with Gasteiger partial charge in [0, 0.05) is 30.2 Å². The molecule has 1 aliphatic rings. The van der Waals surface area contributed by atoms with Crippen LogP contribution in [-0.2, 0) is 4.79 Å². The Morgan fingerprint density at radius 1 is 1.18 bits per heavy atom. The van der Waals surface area contributed by atoms with Crippen molar-refractivity contribution in [2.75, 3.05) is 0 Å². The maximum Gasteiger partial charge on any atom is 0.490 e. The number of hydrogen-bond donors (Lipinski definition) is 2. The number of aromatic nitrogens is 2. The highest BCUT2D eigenvalue weighted by atomic mass is 19.4. The van der Waals surface area contributed by atoms with Gasteiger partial charge in [0.05, 0.1) is 6.33 Å². The predicted molar refractivity (Wildman–Crippen MR) is 116 cm³/mol. The van der Waals surface area contributed by atoms with E-state index in [2.05, 4.69) is 41.5 Å². The minimum Gasteiger partial charge on any atom is -0.475 e.